The number of hydrogen-bond donors (Lipinski definition) is 1. The molecule has 0 saturated heterocycles. The van der Waals surface area contributed by atoms with Gasteiger partial charge in [-0.3, -0.25) is 10.0 Å². The lowest BCUT2D eigenvalue weighted by atomic mass is 9.86. The van der Waals surface area contributed by atoms with Crippen molar-refractivity contribution in [2.24, 2.45) is 5.92 Å². The summed E-state index contributed by atoms with van der Waals surface area (Å²) in [5.41, 5.74) is 0. The summed E-state index contributed by atoms with van der Waals surface area (Å²) in [6.07, 6.45) is 9.34. The van der Waals surface area contributed by atoms with E-state index < -0.39 is 0 Å². The molecule has 0 aromatic carbocycles. The molecule has 0 spiro atoms. The molecule has 0 radical (unpaired) electrons. The van der Waals surface area contributed by atoms with Gasteiger partial charge in [0.05, 0.1) is 0 Å². The lowest BCUT2D eigenvalue weighted by Crippen LogP contribution is -2.22. The Morgan fingerprint density at radius 2 is 2.00 bits per heavy atom. The van der Waals surface area contributed by atoms with Crippen LogP contribution in [0.2, 0.25) is 0 Å². The quantitative estimate of drug-likeness (QED) is 0.558. The van der Waals surface area contributed by atoms with E-state index in [0.29, 0.717) is 11.5 Å². The summed E-state index contributed by atoms with van der Waals surface area (Å²) in [5.74, 6) is 0.668. The van der Waals surface area contributed by atoms with Gasteiger partial charge in [0.25, 0.3) is 0 Å². The molecule has 82 valence electrons. The van der Waals surface area contributed by atoms with Crippen LogP contribution >= 0.6 is 0 Å². The van der Waals surface area contributed by atoms with E-state index in [2.05, 4.69) is 0 Å². The van der Waals surface area contributed by atoms with Crippen molar-refractivity contribution in [3.63, 3.8) is 0 Å². The zero-order valence-electron chi connectivity index (χ0n) is 9.04. The summed E-state index contributed by atoms with van der Waals surface area (Å²) in [7, 11) is 1.39. The van der Waals surface area contributed by atoms with E-state index in [9.17, 15) is 4.79 Å². The van der Waals surface area contributed by atoms with E-state index in [-0.39, 0.29) is 5.91 Å². The molecule has 1 saturated carbocycles. The van der Waals surface area contributed by atoms with Crippen molar-refractivity contribution in [2.75, 3.05) is 7.05 Å². The van der Waals surface area contributed by atoms with Crippen LogP contribution < -0.4 is 0 Å². The fourth-order valence-corrected chi connectivity index (χ4v) is 2.18. The van der Waals surface area contributed by atoms with E-state index in [1.54, 1.807) is 0 Å². The van der Waals surface area contributed by atoms with E-state index in [1.807, 2.05) is 0 Å². The fourth-order valence-electron chi connectivity index (χ4n) is 2.18. The van der Waals surface area contributed by atoms with Crippen LogP contribution in [0, 0.1) is 5.92 Å². The number of amides is 1. The van der Waals surface area contributed by atoms with E-state index in [1.165, 1.54) is 39.2 Å². The van der Waals surface area contributed by atoms with Gasteiger partial charge >= 0.3 is 0 Å². The SMILES string of the molecule is CN(O)C(=O)CCCC1CCCCC1. The Bertz CT molecular complexity index is 174. The predicted octanol–water partition coefficient (Wildman–Crippen LogP) is 2.58. The average Bonchev–Trinajstić information content (AvgIpc) is 2.19. The normalized spacial score (nSPS) is 18.1. The molecule has 1 aliphatic carbocycles. The van der Waals surface area contributed by atoms with Gasteiger partial charge in [0.2, 0.25) is 5.91 Å². The van der Waals surface area contributed by atoms with Crippen molar-refractivity contribution in [1.82, 2.24) is 5.06 Å². The molecule has 1 rings (SSSR count). The molecule has 0 aliphatic heterocycles. The smallest absolute Gasteiger partial charge is 0.245 e. The first-order valence-corrected chi connectivity index (χ1v) is 5.65. The summed E-state index contributed by atoms with van der Waals surface area (Å²) >= 11 is 0. The van der Waals surface area contributed by atoms with Gasteiger partial charge in [-0.25, -0.2) is 5.06 Å². The van der Waals surface area contributed by atoms with Crippen LogP contribution in [0.4, 0.5) is 0 Å². The Hall–Kier alpha value is -0.570. The third kappa shape index (κ3) is 4.09. The molecule has 0 atom stereocenters. The molecule has 0 aromatic heterocycles. The highest BCUT2D eigenvalue weighted by atomic mass is 16.5. The van der Waals surface area contributed by atoms with Crippen LogP contribution in [0.15, 0.2) is 0 Å². The number of nitrogens with zero attached hydrogens (tertiary/aromatic N) is 1. The minimum atomic E-state index is -0.166. The standard InChI is InChI=1S/C11H21NO2/c1-12(14)11(13)9-5-8-10-6-3-2-4-7-10/h10,14H,2-9H2,1H3. The largest absolute Gasteiger partial charge is 0.286 e. The van der Waals surface area contributed by atoms with Gasteiger partial charge in [0.1, 0.15) is 0 Å². The van der Waals surface area contributed by atoms with Gasteiger partial charge in [-0.2, -0.15) is 0 Å². The summed E-state index contributed by atoms with van der Waals surface area (Å²) < 4.78 is 0. The van der Waals surface area contributed by atoms with Gasteiger partial charge in [-0.1, -0.05) is 32.1 Å². The first kappa shape index (κ1) is 11.5. The van der Waals surface area contributed by atoms with Crippen LogP contribution in [0.3, 0.4) is 0 Å². The molecule has 1 amide bonds. The molecule has 14 heavy (non-hydrogen) atoms. The lowest BCUT2D eigenvalue weighted by Gasteiger charge is -2.21. The number of carbonyl (C=O) groups is 1. The van der Waals surface area contributed by atoms with Gasteiger partial charge in [-0.05, 0) is 18.8 Å². The third-order valence-corrected chi connectivity index (χ3v) is 3.09. The van der Waals surface area contributed by atoms with Crippen molar-refractivity contribution in [3.8, 4) is 0 Å². The van der Waals surface area contributed by atoms with Crippen molar-refractivity contribution in [2.45, 2.75) is 51.4 Å². The number of hydrogen-bond acceptors (Lipinski definition) is 2. The molecule has 1 N–H and O–H groups in total. The molecule has 0 heterocycles. The first-order chi connectivity index (χ1) is 6.70. The highest BCUT2D eigenvalue weighted by Gasteiger charge is 2.14. The zero-order chi connectivity index (χ0) is 10.4. The molecule has 0 unspecified atom stereocenters. The second-order valence-electron chi connectivity index (χ2n) is 4.31. The predicted molar refractivity (Wildman–Crippen MR) is 55.0 cm³/mol. The molecular formula is C11H21NO2. The van der Waals surface area contributed by atoms with E-state index in [0.717, 1.165) is 18.8 Å². The molecular weight excluding hydrogens is 178 g/mol. The Labute approximate surface area is 86.1 Å². The highest BCUT2D eigenvalue weighted by Crippen LogP contribution is 2.27. The molecule has 3 heteroatoms. The van der Waals surface area contributed by atoms with Crippen molar-refractivity contribution < 1.29 is 10.0 Å². The monoisotopic (exact) mass is 199 g/mol. The number of carbonyl (C=O) groups excluding carboxylic acids is 1. The van der Waals surface area contributed by atoms with Gasteiger partial charge in [-0.15, -0.1) is 0 Å². The maximum absolute atomic E-state index is 11.1. The maximum Gasteiger partial charge on any atom is 0.245 e. The fraction of sp³-hybridized carbons (Fsp3) is 0.909. The maximum atomic E-state index is 11.1. The van der Waals surface area contributed by atoms with Crippen molar-refractivity contribution in [1.29, 1.82) is 0 Å². The Morgan fingerprint density at radius 3 is 2.57 bits per heavy atom. The van der Waals surface area contributed by atoms with Crippen LogP contribution in [-0.2, 0) is 4.79 Å². The van der Waals surface area contributed by atoms with Crippen LogP contribution in [-0.4, -0.2) is 23.2 Å². The van der Waals surface area contributed by atoms with Gasteiger partial charge in [0, 0.05) is 13.5 Å². The summed E-state index contributed by atoms with van der Waals surface area (Å²) in [6, 6.07) is 0. The Balaban J connectivity index is 2.05. The number of rotatable bonds is 4. The van der Waals surface area contributed by atoms with Crippen LogP contribution in [0.5, 0.6) is 0 Å². The summed E-state index contributed by atoms with van der Waals surface area (Å²) in [4.78, 5) is 11.1. The highest BCUT2D eigenvalue weighted by molar-refractivity contribution is 5.74. The van der Waals surface area contributed by atoms with E-state index in [4.69, 9.17) is 5.21 Å². The van der Waals surface area contributed by atoms with Crippen molar-refractivity contribution in [3.05, 3.63) is 0 Å². The number of hydroxylamine groups is 2. The topological polar surface area (TPSA) is 40.5 Å². The Kier molecular flexibility index (Phi) is 4.94. The van der Waals surface area contributed by atoms with Crippen molar-refractivity contribution >= 4 is 5.91 Å². The second kappa shape index (κ2) is 6.02. The minimum Gasteiger partial charge on any atom is -0.286 e. The summed E-state index contributed by atoms with van der Waals surface area (Å²) in [6.45, 7) is 0. The molecule has 0 bridgehead atoms. The first-order valence-electron chi connectivity index (χ1n) is 5.65. The zero-order valence-corrected chi connectivity index (χ0v) is 9.04. The van der Waals surface area contributed by atoms with Gasteiger partial charge in [0.15, 0.2) is 0 Å². The summed E-state index contributed by atoms with van der Waals surface area (Å²) in [5, 5.41) is 9.54. The van der Waals surface area contributed by atoms with E-state index >= 15 is 0 Å². The molecule has 3 nitrogen and oxygen atoms in total. The molecule has 0 aromatic rings. The lowest BCUT2D eigenvalue weighted by molar-refractivity contribution is -0.159. The van der Waals surface area contributed by atoms with Gasteiger partial charge < -0.3 is 0 Å². The molecule has 1 aliphatic rings. The second-order valence-corrected chi connectivity index (χ2v) is 4.31. The minimum absolute atomic E-state index is 0.166. The Morgan fingerprint density at radius 1 is 1.36 bits per heavy atom. The van der Waals surface area contributed by atoms with Crippen LogP contribution in [0.1, 0.15) is 51.4 Å². The van der Waals surface area contributed by atoms with Crippen LogP contribution in [0.25, 0.3) is 0 Å². The third-order valence-electron chi connectivity index (χ3n) is 3.09. The molecule has 1 fully saturated rings. The average molecular weight is 199 g/mol.